The minimum atomic E-state index is -2.67. The van der Waals surface area contributed by atoms with E-state index in [4.69, 9.17) is 15.2 Å². The largest absolute Gasteiger partial charge is 0.510 e. The molecule has 0 fully saturated rings. The maximum atomic E-state index is 13.9. The van der Waals surface area contributed by atoms with Gasteiger partial charge in [-0.25, -0.2) is 0 Å². The number of phenolic OH excluding ortho intramolecular Hbond substituents is 1. The van der Waals surface area contributed by atoms with Crippen LogP contribution in [-0.4, -0.2) is 75.3 Å². The molecule has 0 spiro atoms. The van der Waals surface area contributed by atoms with E-state index in [1.54, 1.807) is 32.3 Å². The van der Waals surface area contributed by atoms with Crippen LogP contribution in [0.3, 0.4) is 0 Å². The van der Waals surface area contributed by atoms with E-state index in [-0.39, 0.29) is 36.5 Å². The molecule has 0 bridgehead atoms. The number of primary amides is 1. The number of benzene rings is 2. The Bertz CT molecular complexity index is 1560. The van der Waals surface area contributed by atoms with Gasteiger partial charge in [0.05, 0.1) is 11.6 Å². The number of carbonyl (C=O) groups is 3. The molecule has 4 aliphatic rings. The van der Waals surface area contributed by atoms with Crippen LogP contribution in [0, 0.1) is 11.8 Å². The fourth-order valence-electron chi connectivity index (χ4n) is 6.59. The average molecular weight is 535 g/mol. The number of amides is 1. The first-order valence-corrected chi connectivity index (χ1v) is 12.4. The van der Waals surface area contributed by atoms with Crippen molar-refractivity contribution in [2.45, 2.75) is 24.5 Å². The van der Waals surface area contributed by atoms with Gasteiger partial charge in [0.25, 0.3) is 5.91 Å². The number of ether oxygens (including phenoxy) is 2. The number of aliphatic hydroxyl groups excluding tert-OH is 2. The SMILES string of the molecule is CN(C)[C@@H]1C(O)=C(C(N)=O)C(=O)[C@@]2(O)C(O)=C3C(=O)c4c(O)ccc(-c5ccc6c(c5)OCO6)c4CC3CC12. The molecule has 0 saturated carbocycles. The second-order valence-corrected chi connectivity index (χ2v) is 10.5. The number of carbonyl (C=O) groups excluding carboxylic acids is 3. The summed E-state index contributed by atoms with van der Waals surface area (Å²) < 4.78 is 10.9. The Hall–Kier alpha value is -4.35. The molecule has 39 heavy (non-hydrogen) atoms. The Morgan fingerprint density at radius 3 is 2.49 bits per heavy atom. The molecular formula is C28H26N2O9. The Labute approximate surface area is 222 Å². The quantitative estimate of drug-likeness (QED) is 0.362. The van der Waals surface area contributed by atoms with Gasteiger partial charge >= 0.3 is 0 Å². The minimum absolute atomic E-state index is 0.0159. The van der Waals surface area contributed by atoms with Crippen molar-refractivity contribution in [3.63, 3.8) is 0 Å². The molecule has 0 saturated heterocycles. The van der Waals surface area contributed by atoms with Gasteiger partial charge < -0.3 is 35.6 Å². The highest BCUT2D eigenvalue weighted by Gasteiger charge is 2.63. The van der Waals surface area contributed by atoms with Crippen molar-refractivity contribution in [1.82, 2.24) is 4.90 Å². The summed E-state index contributed by atoms with van der Waals surface area (Å²) in [4.78, 5) is 40.9. The third kappa shape index (κ3) is 3.26. The second-order valence-electron chi connectivity index (χ2n) is 10.5. The number of Topliss-reactive ketones (excluding diaryl/α,β-unsaturated/α-hetero) is 2. The van der Waals surface area contributed by atoms with E-state index < -0.39 is 58.0 Å². The molecule has 1 amide bonds. The maximum Gasteiger partial charge on any atom is 0.255 e. The van der Waals surface area contributed by atoms with Gasteiger partial charge in [0.1, 0.15) is 22.8 Å². The number of nitrogens with two attached hydrogens (primary N) is 1. The number of aliphatic hydroxyl groups is 3. The number of fused-ring (bicyclic) bond motifs is 4. The third-order valence-corrected chi connectivity index (χ3v) is 8.29. The molecule has 2 aromatic carbocycles. The topological polar surface area (TPSA) is 180 Å². The molecule has 3 aliphatic carbocycles. The summed E-state index contributed by atoms with van der Waals surface area (Å²) in [5.41, 5.74) is 3.52. The maximum absolute atomic E-state index is 13.9. The van der Waals surface area contributed by atoms with Gasteiger partial charge in [-0.2, -0.15) is 0 Å². The molecule has 2 aromatic rings. The van der Waals surface area contributed by atoms with Gasteiger partial charge in [-0.05, 0) is 67.7 Å². The summed E-state index contributed by atoms with van der Waals surface area (Å²) in [5, 5.41) is 44.7. The number of allylic oxidation sites excluding steroid dienone is 1. The number of hydrogen-bond acceptors (Lipinski definition) is 10. The van der Waals surface area contributed by atoms with Crippen LogP contribution in [-0.2, 0) is 16.0 Å². The zero-order valence-electron chi connectivity index (χ0n) is 21.1. The Morgan fingerprint density at radius 2 is 1.79 bits per heavy atom. The Kier molecular flexibility index (Phi) is 5.33. The first-order chi connectivity index (χ1) is 18.5. The number of rotatable bonds is 3. The third-order valence-electron chi connectivity index (χ3n) is 8.29. The monoisotopic (exact) mass is 534 g/mol. The lowest BCUT2D eigenvalue weighted by atomic mass is 9.58. The standard InChI is InChI=1S/C28H26N2O9/c1-30(2)22-15-8-12-7-14-13(11-3-6-17-18(9-11)39-10-38-17)4-5-16(31)20(14)23(32)19(12)25(34)28(15,37)26(35)21(24(22)33)27(29)36/h3-6,9,12,15,22,31,33-34,37H,7-8,10H2,1-2H3,(H2,29,36)/t12?,15?,22-,28-/m0/s1. The van der Waals surface area contributed by atoms with Gasteiger partial charge in [0.15, 0.2) is 22.9 Å². The van der Waals surface area contributed by atoms with Crippen LogP contribution >= 0.6 is 0 Å². The predicted molar refractivity (Wildman–Crippen MR) is 135 cm³/mol. The molecule has 1 heterocycles. The number of ketones is 2. The van der Waals surface area contributed by atoms with Crippen LogP contribution in [0.5, 0.6) is 17.2 Å². The molecule has 0 aromatic heterocycles. The fourth-order valence-corrected chi connectivity index (χ4v) is 6.59. The average Bonchev–Trinajstić information content (AvgIpc) is 3.34. The van der Waals surface area contributed by atoms with Crippen LogP contribution in [0.2, 0.25) is 0 Å². The fraction of sp³-hybridized carbons (Fsp3) is 0.321. The van der Waals surface area contributed by atoms with E-state index in [0.717, 1.165) is 5.56 Å². The lowest BCUT2D eigenvalue weighted by Crippen LogP contribution is -2.63. The van der Waals surface area contributed by atoms with Gasteiger partial charge in [-0.15, -0.1) is 0 Å². The number of likely N-dealkylation sites (N-methyl/N-ethyl adjacent to an activating group) is 1. The zero-order valence-corrected chi connectivity index (χ0v) is 21.1. The zero-order chi connectivity index (χ0) is 28.0. The molecule has 6 rings (SSSR count). The normalized spacial score (nSPS) is 27.4. The van der Waals surface area contributed by atoms with E-state index in [1.807, 2.05) is 6.07 Å². The van der Waals surface area contributed by atoms with E-state index in [9.17, 15) is 34.8 Å². The summed E-state index contributed by atoms with van der Waals surface area (Å²) in [6, 6.07) is 7.34. The number of aromatic hydroxyl groups is 1. The van der Waals surface area contributed by atoms with Crippen molar-refractivity contribution < 1.29 is 44.3 Å². The lowest BCUT2D eigenvalue weighted by Gasteiger charge is -2.50. The molecule has 202 valence electrons. The van der Waals surface area contributed by atoms with E-state index in [0.29, 0.717) is 22.6 Å². The number of phenols is 1. The first-order valence-electron chi connectivity index (χ1n) is 12.4. The summed E-state index contributed by atoms with van der Waals surface area (Å²) in [7, 11) is 3.17. The van der Waals surface area contributed by atoms with Gasteiger partial charge in [0.2, 0.25) is 12.6 Å². The number of nitrogens with zero attached hydrogens (tertiary/aromatic N) is 1. The molecule has 11 nitrogen and oxygen atoms in total. The molecule has 4 atom stereocenters. The summed E-state index contributed by atoms with van der Waals surface area (Å²) >= 11 is 0. The van der Waals surface area contributed by atoms with Crippen LogP contribution in [0.25, 0.3) is 11.1 Å². The highest BCUT2D eigenvalue weighted by atomic mass is 16.7. The first kappa shape index (κ1) is 25.0. The molecule has 6 N–H and O–H groups in total. The number of hydrogen-bond donors (Lipinski definition) is 5. The smallest absolute Gasteiger partial charge is 0.255 e. The highest BCUT2D eigenvalue weighted by molar-refractivity contribution is 6.24. The Balaban J connectivity index is 1.53. The molecule has 11 heteroatoms. The van der Waals surface area contributed by atoms with Crippen molar-refractivity contribution in [3.05, 3.63) is 64.1 Å². The summed E-state index contributed by atoms with van der Waals surface area (Å²) in [6.45, 7) is 0.0925. The minimum Gasteiger partial charge on any atom is -0.510 e. The van der Waals surface area contributed by atoms with Crippen molar-refractivity contribution in [2.24, 2.45) is 17.6 Å². The molecule has 0 radical (unpaired) electrons. The summed E-state index contributed by atoms with van der Waals surface area (Å²) in [6.07, 6.45) is 0.203. The van der Waals surface area contributed by atoms with Gasteiger partial charge in [-0.3, -0.25) is 19.3 Å². The van der Waals surface area contributed by atoms with Crippen LogP contribution in [0.15, 0.2) is 53.0 Å². The van der Waals surface area contributed by atoms with E-state index >= 15 is 0 Å². The van der Waals surface area contributed by atoms with Crippen molar-refractivity contribution in [1.29, 1.82) is 0 Å². The Morgan fingerprint density at radius 1 is 1.08 bits per heavy atom. The van der Waals surface area contributed by atoms with Crippen molar-refractivity contribution in [2.75, 3.05) is 20.9 Å². The second kappa shape index (κ2) is 8.32. The van der Waals surface area contributed by atoms with Gasteiger partial charge in [0, 0.05) is 11.5 Å². The van der Waals surface area contributed by atoms with Crippen LogP contribution in [0.1, 0.15) is 22.3 Å². The molecule has 2 unspecified atom stereocenters. The molecule has 1 aliphatic heterocycles. The van der Waals surface area contributed by atoms with E-state index in [1.165, 1.54) is 11.0 Å². The highest BCUT2D eigenvalue weighted by Crippen LogP contribution is 2.53. The van der Waals surface area contributed by atoms with Gasteiger partial charge in [-0.1, -0.05) is 12.1 Å². The van der Waals surface area contributed by atoms with Crippen LogP contribution in [0.4, 0.5) is 0 Å². The molecular weight excluding hydrogens is 508 g/mol. The predicted octanol–water partition coefficient (Wildman–Crippen LogP) is 1.52. The van der Waals surface area contributed by atoms with Crippen molar-refractivity contribution >= 4 is 17.5 Å². The van der Waals surface area contributed by atoms with Crippen LogP contribution < -0.4 is 15.2 Å². The lowest BCUT2D eigenvalue weighted by molar-refractivity contribution is -0.148. The van der Waals surface area contributed by atoms with E-state index in [2.05, 4.69) is 0 Å². The van der Waals surface area contributed by atoms with Crippen molar-refractivity contribution in [3.8, 4) is 28.4 Å². The summed E-state index contributed by atoms with van der Waals surface area (Å²) in [5.74, 6) is -5.70.